The number of carbonyl (C=O) groups excluding carboxylic acids is 1. The van der Waals surface area contributed by atoms with Gasteiger partial charge in [0.05, 0.1) is 11.5 Å². The number of sulfonamides is 1. The third-order valence-corrected chi connectivity index (χ3v) is 6.06. The molecule has 1 atom stereocenters. The van der Waals surface area contributed by atoms with Gasteiger partial charge in [-0.25, -0.2) is 13.1 Å². The molecule has 7 heteroatoms. The second-order valence-corrected chi connectivity index (χ2v) is 8.48. The van der Waals surface area contributed by atoms with Crippen molar-refractivity contribution in [2.45, 2.75) is 62.9 Å². The Hall–Kier alpha value is -1.44. The summed E-state index contributed by atoms with van der Waals surface area (Å²) in [4.78, 5) is 12.7. The van der Waals surface area contributed by atoms with Crippen LogP contribution in [0.3, 0.4) is 0 Å². The molecule has 140 valence electrons. The number of carbonyl (C=O) groups is 1. The maximum absolute atomic E-state index is 12.6. The molecule has 2 N–H and O–H groups in total. The normalized spacial score (nSPS) is 17.2. The van der Waals surface area contributed by atoms with Gasteiger partial charge < -0.3 is 10.1 Å². The van der Waals surface area contributed by atoms with Crippen LogP contribution in [0, 0.1) is 6.92 Å². The van der Waals surface area contributed by atoms with Crippen molar-refractivity contribution in [1.82, 2.24) is 10.0 Å². The first kappa shape index (κ1) is 19.9. The van der Waals surface area contributed by atoms with Gasteiger partial charge in [0.1, 0.15) is 0 Å². The van der Waals surface area contributed by atoms with E-state index in [1.165, 1.54) is 25.7 Å². The Labute approximate surface area is 150 Å². The standard InChI is InChI=1S/C18H28N2O4S/c1-13-9-10-16(25(22,23)20-14(2)12-24-3)11-17(13)18(21)19-15-7-5-4-6-8-15/h9-11,14-15,20H,4-8,12H2,1-3H3,(H,19,21)/t14-/m1/s1. The van der Waals surface area contributed by atoms with Crippen LogP contribution in [0.5, 0.6) is 0 Å². The summed E-state index contributed by atoms with van der Waals surface area (Å²) in [5.41, 5.74) is 1.17. The Bertz CT molecular complexity index is 697. The zero-order chi connectivity index (χ0) is 18.4. The molecule has 0 unspecified atom stereocenters. The molecule has 0 radical (unpaired) electrons. The smallest absolute Gasteiger partial charge is 0.251 e. The molecule has 2 rings (SSSR count). The van der Waals surface area contributed by atoms with Gasteiger partial charge in [0.2, 0.25) is 10.0 Å². The average molecular weight is 368 g/mol. The Morgan fingerprint density at radius 1 is 1.28 bits per heavy atom. The van der Waals surface area contributed by atoms with E-state index in [2.05, 4.69) is 10.0 Å². The Kier molecular flexibility index (Phi) is 6.98. The summed E-state index contributed by atoms with van der Waals surface area (Å²) in [5.74, 6) is -0.202. The van der Waals surface area contributed by atoms with E-state index in [1.807, 2.05) is 6.92 Å². The highest BCUT2D eigenvalue weighted by atomic mass is 32.2. The van der Waals surface area contributed by atoms with E-state index in [1.54, 1.807) is 13.0 Å². The highest BCUT2D eigenvalue weighted by molar-refractivity contribution is 7.89. The van der Waals surface area contributed by atoms with E-state index in [4.69, 9.17) is 4.74 Å². The van der Waals surface area contributed by atoms with Crippen LogP contribution < -0.4 is 10.0 Å². The predicted octanol–water partition coefficient (Wildman–Crippen LogP) is 2.37. The number of ether oxygens (including phenoxy) is 1. The molecular weight excluding hydrogens is 340 g/mol. The lowest BCUT2D eigenvalue weighted by Gasteiger charge is -2.23. The first-order valence-electron chi connectivity index (χ1n) is 8.76. The Morgan fingerprint density at radius 3 is 2.60 bits per heavy atom. The summed E-state index contributed by atoms with van der Waals surface area (Å²) in [7, 11) is -2.18. The van der Waals surface area contributed by atoms with Crippen molar-refractivity contribution in [1.29, 1.82) is 0 Å². The van der Waals surface area contributed by atoms with Gasteiger partial charge in [0, 0.05) is 24.8 Å². The predicted molar refractivity (Wildman–Crippen MR) is 97.2 cm³/mol. The van der Waals surface area contributed by atoms with Crippen molar-refractivity contribution < 1.29 is 17.9 Å². The van der Waals surface area contributed by atoms with Crippen LogP contribution >= 0.6 is 0 Å². The topological polar surface area (TPSA) is 84.5 Å². The summed E-state index contributed by atoms with van der Waals surface area (Å²) in [5, 5.41) is 3.04. The highest BCUT2D eigenvalue weighted by Gasteiger charge is 2.22. The third kappa shape index (κ3) is 5.52. The van der Waals surface area contributed by atoms with Gasteiger partial charge in [-0.15, -0.1) is 0 Å². The SMILES string of the molecule is COC[C@@H](C)NS(=O)(=O)c1ccc(C)c(C(=O)NC2CCCCC2)c1. The van der Waals surface area contributed by atoms with Gasteiger partial charge >= 0.3 is 0 Å². The Morgan fingerprint density at radius 2 is 1.96 bits per heavy atom. The van der Waals surface area contributed by atoms with Crippen molar-refractivity contribution in [3.63, 3.8) is 0 Å². The summed E-state index contributed by atoms with van der Waals surface area (Å²) < 4.78 is 32.5. The molecule has 6 nitrogen and oxygen atoms in total. The third-order valence-electron chi connectivity index (χ3n) is 4.48. The van der Waals surface area contributed by atoms with Crippen molar-refractivity contribution >= 4 is 15.9 Å². The molecular formula is C18H28N2O4S. The molecule has 1 aromatic rings. The molecule has 0 heterocycles. The maximum Gasteiger partial charge on any atom is 0.251 e. The fourth-order valence-electron chi connectivity index (χ4n) is 3.14. The zero-order valence-electron chi connectivity index (χ0n) is 15.2. The number of hydrogen-bond donors (Lipinski definition) is 2. The van der Waals surface area contributed by atoms with E-state index in [0.717, 1.165) is 31.2 Å². The molecule has 1 saturated carbocycles. The number of rotatable bonds is 7. The van der Waals surface area contributed by atoms with Gasteiger partial charge in [-0.05, 0) is 44.4 Å². The Balaban J connectivity index is 2.17. The van der Waals surface area contributed by atoms with E-state index in [0.29, 0.717) is 5.56 Å². The van der Waals surface area contributed by atoms with Crippen LogP contribution in [0.15, 0.2) is 23.1 Å². The number of aryl methyl sites for hydroxylation is 1. The second-order valence-electron chi connectivity index (χ2n) is 6.76. The molecule has 0 aliphatic heterocycles. The first-order valence-corrected chi connectivity index (χ1v) is 10.2. The fourth-order valence-corrected chi connectivity index (χ4v) is 4.39. The van der Waals surface area contributed by atoms with E-state index >= 15 is 0 Å². The van der Waals surface area contributed by atoms with Gasteiger partial charge in [0.15, 0.2) is 0 Å². The molecule has 0 spiro atoms. The van der Waals surface area contributed by atoms with Crippen LogP contribution in [0.2, 0.25) is 0 Å². The molecule has 1 aliphatic rings. The number of benzene rings is 1. The molecule has 0 aromatic heterocycles. The summed E-state index contributed by atoms with van der Waals surface area (Å²) >= 11 is 0. The van der Waals surface area contributed by atoms with Gasteiger partial charge in [-0.3, -0.25) is 4.79 Å². The molecule has 1 amide bonds. The van der Waals surface area contributed by atoms with E-state index < -0.39 is 10.0 Å². The number of hydrogen-bond acceptors (Lipinski definition) is 4. The summed E-state index contributed by atoms with van der Waals surface area (Å²) in [6.45, 7) is 3.82. The van der Waals surface area contributed by atoms with Crippen molar-refractivity contribution in [3.05, 3.63) is 29.3 Å². The average Bonchev–Trinajstić information content (AvgIpc) is 2.55. The quantitative estimate of drug-likeness (QED) is 0.774. The number of amides is 1. The van der Waals surface area contributed by atoms with Gasteiger partial charge in [0.25, 0.3) is 5.91 Å². The van der Waals surface area contributed by atoms with Crippen LogP contribution in [0.25, 0.3) is 0 Å². The van der Waals surface area contributed by atoms with Crippen molar-refractivity contribution in [3.8, 4) is 0 Å². The lowest BCUT2D eigenvalue weighted by Crippen LogP contribution is -2.37. The van der Waals surface area contributed by atoms with Gasteiger partial charge in [-0.2, -0.15) is 0 Å². The second kappa shape index (κ2) is 8.78. The van der Waals surface area contributed by atoms with Crippen molar-refractivity contribution in [2.75, 3.05) is 13.7 Å². The molecule has 1 aliphatic carbocycles. The van der Waals surface area contributed by atoms with Gasteiger partial charge in [-0.1, -0.05) is 25.3 Å². The van der Waals surface area contributed by atoms with Crippen LogP contribution in [0.1, 0.15) is 54.9 Å². The van der Waals surface area contributed by atoms with Crippen LogP contribution in [-0.2, 0) is 14.8 Å². The lowest BCUT2D eigenvalue weighted by molar-refractivity contribution is 0.0927. The van der Waals surface area contributed by atoms with E-state index in [-0.39, 0.29) is 29.5 Å². The van der Waals surface area contributed by atoms with E-state index in [9.17, 15) is 13.2 Å². The minimum atomic E-state index is -3.70. The van der Waals surface area contributed by atoms with Crippen LogP contribution in [-0.4, -0.2) is 40.1 Å². The molecule has 1 aromatic carbocycles. The highest BCUT2D eigenvalue weighted by Crippen LogP contribution is 2.20. The minimum absolute atomic E-state index is 0.0925. The maximum atomic E-state index is 12.6. The minimum Gasteiger partial charge on any atom is -0.383 e. The summed E-state index contributed by atoms with van der Waals surface area (Å²) in [6, 6.07) is 4.48. The molecule has 25 heavy (non-hydrogen) atoms. The van der Waals surface area contributed by atoms with Crippen molar-refractivity contribution in [2.24, 2.45) is 0 Å². The molecule has 0 saturated heterocycles. The number of methoxy groups -OCH3 is 1. The van der Waals surface area contributed by atoms with Crippen LogP contribution in [0.4, 0.5) is 0 Å². The zero-order valence-corrected chi connectivity index (χ0v) is 16.0. The fraction of sp³-hybridized carbons (Fsp3) is 0.611. The molecule has 1 fully saturated rings. The monoisotopic (exact) mass is 368 g/mol. The first-order chi connectivity index (χ1) is 11.8. The summed E-state index contributed by atoms with van der Waals surface area (Å²) in [6.07, 6.45) is 5.43. The molecule has 0 bridgehead atoms. The lowest BCUT2D eigenvalue weighted by atomic mass is 9.95. The largest absolute Gasteiger partial charge is 0.383 e. The number of nitrogens with one attached hydrogen (secondary N) is 2.